The molecule has 1 N–H and O–H groups in total. The van der Waals surface area contributed by atoms with Crippen molar-refractivity contribution in [2.75, 3.05) is 32.3 Å². The van der Waals surface area contributed by atoms with E-state index >= 15 is 0 Å². The van der Waals surface area contributed by atoms with E-state index in [4.69, 9.17) is 14.2 Å². The van der Waals surface area contributed by atoms with Crippen LogP contribution in [0.3, 0.4) is 0 Å². The van der Waals surface area contributed by atoms with E-state index in [-0.39, 0.29) is 42.4 Å². The van der Waals surface area contributed by atoms with E-state index in [2.05, 4.69) is 5.32 Å². The van der Waals surface area contributed by atoms with Gasteiger partial charge in [-0.2, -0.15) is 4.31 Å². The first kappa shape index (κ1) is 20.4. The van der Waals surface area contributed by atoms with Crippen molar-refractivity contribution in [2.45, 2.75) is 17.7 Å². The van der Waals surface area contributed by atoms with Crippen LogP contribution >= 0.6 is 0 Å². The maximum absolute atomic E-state index is 13.6. The maximum Gasteiger partial charge on any atom is 0.246 e. The zero-order valence-corrected chi connectivity index (χ0v) is 17.1. The van der Waals surface area contributed by atoms with Gasteiger partial charge in [-0.05, 0) is 43.2 Å². The lowest BCUT2D eigenvalue weighted by molar-refractivity contribution is -0.120. The Bertz CT molecular complexity index is 1070. The van der Waals surface area contributed by atoms with Crippen LogP contribution in [-0.2, 0) is 14.8 Å². The number of sulfonamides is 1. The van der Waals surface area contributed by atoms with Crippen LogP contribution in [0.2, 0.25) is 0 Å². The van der Waals surface area contributed by atoms with Gasteiger partial charge < -0.3 is 19.5 Å². The van der Waals surface area contributed by atoms with E-state index < -0.39 is 15.8 Å². The Kier molecular flexibility index (Phi) is 5.52. The number of benzene rings is 2. The van der Waals surface area contributed by atoms with E-state index in [9.17, 15) is 17.6 Å². The number of rotatable bonds is 5. The number of piperidine rings is 1. The standard InChI is InChI=1S/C20H21FN2O6S/c1-27-17-4-2-14(21)10-19(17)30(25,26)23-8-6-13(7-9-23)20(24)22-15-3-5-16-18(11-15)29-12-28-16/h2-5,10-11,13H,6-9,12H2,1H3,(H,22,24). The second kappa shape index (κ2) is 8.11. The monoisotopic (exact) mass is 436 g/mol. The smallest absolute Gasteiger partial charge is 0.246 e. The van der Waals surface area contributed by atoms with Gasteiger partial charge in [0, 0.05) is 30.8 Å². The summed E-state index contributed by atoms with van der Waals surface area (Å²) in [4.78, 5) is 12.4. The number of hydrogen-bond acceptors (Lipinski definition) is 6. The van der Waals surface area contributed by atoms with Crippen LogP contribution in [-0.4, -0.2) is 45.6 Å². The second-order valence-electron chi connectivity index (χ2n) is 7.03. The summed E-state index contributed by atoms with van der Waals surface area (Å²) in [5.41, 5.74) is 0.587. The van der Waals surface area contributed by atoms with Crippen molar-refractivity contribution in [3.05, 3.63) is 42.2 Å². The molecule has 160 valence electrons. The molecular formula is C20H21FN2O6S. The summed E-state index contributed by atoms with van der Waals surface area (Å²) in [6.45, 7) is 0.457. The Hall–Kier alpha value is -2.85. The number of amides is 1. The summed E-state index contributed by atoms with van der Waals surface area (Å²) in [7, 11) is -2.60. The van der Waals surface area contributed by atoms with Gasteiger partial charge in [0.15, 0.2) is 11.5 Å². The van der Waals surface area contributed by atoms with Crippen LogP contribution in [0, 0.1) is 11.7 Å². The molecule has 0 unspecified atom stereocenters. The highest BCUT2D eigenvalue weighted by molar-refractivity contribution is 7.89. The second-order valence-corrected chi connectivity index (χ2v) is 8.94. The van der Waals surface area contributed by atoms with Gasteiger partial charge >= 0.3 is 0 Å². The number of halogens is 1. The van der Waals surface area contributed by atoms with E-state index in [1.54, 1.807) is 18.2 Å². The predicted molar refractivity (Wildman–Crippen MR) is 106 cm³/mol. The van der Waals surface area contributed by atoms with Crippen LogP contribution in [0.1, 0.15) is 12.8 Å². The Morgan fingerprint density at radius 2 is 1.87 bits per heavy atom. The third-order valence-corrected chi connectivity index (χ3v) is 7.13. The molecular weight excluding hydrogens is 415 g/mol. The minimum Gasteiger partial charge on any atom is -0.495 e. The number of carbonyl (C=O) groups excluding carboxylic acids is 1. The molecule has 1 saturated heterocycles. The minimum absolute atomic E-state index is 0.0825. The molecule has 1 fully saturated rings. The first-order chi connectivity index (χ1) is 14.4. The van der Waals surface area contributed by atoms with Gasteiger partial charge in [-0.3, -0.25) is 4.79 Å². The average molecular weight is 436 g/mol. The number of carbonyl (C=O) groups is 1. The normalized spacial score (nSPS) is 17.0. The molecule has 10 heteroatoms. The Labute approximate surface area is 173 Å². The molecule has 2 aromatic carbocycles. The highest BCUT2D eigenvalue weighted by Crippen LogP contribution is 2.35. The lowest BCUT2D eigenvalue weighted by Gasteiger charge is -2.30. The first-order valence-corrected chi connectivity index (χ1v) is 10.9. The molecule has 2 aromatic rings. The van der Waals surface area contributed by atoms with Crippen LogP contribution < -0.4 is 19.5 Å². The zero-order chi connectivity index (χ0) is 21.3. The molecule has 4 rings (SSSR count). The molecule has 0 atom stereocenters. The molecule has 1 amide bonds. The number of methoxy groups -OCH3 is 1. The molecule has 2 aliphatic rings. The van der Waals surface area contributed by atoms with Crippen LogP contribution in [0.4, 0.5) is 10.1 Å². The number of fused-ring (bicyclic) bond motifs is 1. The van der Waals surface area contributed by atoms with Crippen molar-refractivity contribution in [1.29, 1.82) is 0 Å². The fourth-order valence-electron chi connectivity index (χ4n) is 3.57. The zero-order valence-electron chi connectivity index (χ0n) is 16.3. The van der Waals surface area contributed by atoms with E-state index in [1.807, 2.05) is 0 Å². The van der Waals surface area contributed by atoms with Gasteiger partial charge in [0.1, 0.15) is 16.5 Å². The summed E-state index contributed by atoms with van der Waals surface area (Å²) < 4.78 is 56.4. The van der Waals surface area contributed by atoms with Gasteiger partial charge in [0.05, 0.1) is 7.11 Å². The summed E-state index contributed by atoms with van der Waals surface area (Å²) in [5, 5.41) is 2.84. The predicted octanol–water partition coefficient (Wildman–Crippen LogP) is 2.60. The van der Waals surface area contributed by atoms with Crippen molar-refractivity contribution in [3.63, 3.8) is 0 Å². The van der Waals surface area contributed by atoms with Gasteiger partial charge in [-0.1, -0.05) is 0 Å². The molecule has 0 spiro atoms. The molecule has 0 aromatic heterocycles. The topological polar surface area (TPSA) is 94.2 Å². The number of nitrogens with zero attached hydrogens (tertiary/aromatic N) is 1. The molecule has 0 saturated carbocycles. The summed E-state index contributed by atoms with van der Waals surface area (Å²) in [6.07, 6.45) is 0.709. The third kappa shape index (κ3) is 3.92. The lowest BCUT2D eigenvalue weighted by Crippen LogP contribution is -2.41. The summed E-state index contributed by atoms with van der Waals surface area (Å²) in [5.74, 6) is 0.0917. The fourth-order valence-corrected chi connectivity index (χ4v) is 5.21. The van der Waals surface area contributed by atoms with Crippen molar-refractivity contribution >= 4 is 21.6 Å². The number of anilines is 1. The van der Waals surface area contributed by atoms with Crippen molar-refractivity contribution in [3.8, 4) is 17.2 Å². The van der Waals surface area contributed by atoms with E-state index in [0.29, 0.717) is 30.0 Å². The van der Waals surface area contributed by atoms with Gasteiger partial charge in [0.25, 0.3) is 0 Å². The molecule has 0 bridgehead atoms. The number of ether oxygens (including phenoxy) is 3. The number of nitrogens with one attached hydrogen (secondary N) is 1. The molecule has 0 aliphatic carbocycles. The minimum atomic E-state index is -3.94. The van der Waals surface area contributed by atoms with E-state index in [1.165, 1.54) is 17.5 Å². The van der Waals surface area contributed by atoms with Crippen molar-refractivity contribution in [2.24, 2.45) is 5.92 Å². The molecule has 2 aliphatic heterocycles. The Morgan fingerprint density at radius 3 is 2.60 bits per heavy atom. The quantitative estimate of drug-likeness (QED) is 0.774. The van der Waals surface area contributed by atoms with Gasteiger partial charge in [-0.25, -0.2) is 12.8 Å². The van der Waals surface area contributed by atoms with Gasteiger partial charge in [0.2, 0.25) is 22.7 Å². The molecule has 30 heavy (non-hydrogen) atoms. The van der Waals surface area contributed by atoms with Crippen LogP contribution in [0.5, 0.6) is 17.2 Å². The molecule has 0 radical (unpaired) electrons. The van der Waals surface area contributed by atoms with Crippen molar-refractivity contribution < 1.29 is 31.8 Å². The maximum atomic E-state index is 13.6. The lowest BCUT2D eigenvalue weighted by atomic mass is 9.97. The van der Waals surface area contributed by atoms with Crippen LogP contribution in [0.15, 0.2) is 41.3 Å². The Balaban J connectivity index is 1.41. The molecule has 8 nitrogen and oxygen atoms in total. The largest absolute Gasteiger partial charge is 0.495 e. The summed E-state index contributed by atoms with van der Waals surface area (Å²) >= 11 is 0. The molecule has 2 heterocycles. The first-order valence-electron chi connectivity index (χ1n) is 9.42. The highest BCUT2D eigenvalue weighted by atomic mass is 32.2. The Morgan fingerprint density at radius 1 is 1.13 bits per heavy atom. The van der Waals surface area contributed by atoms with E-state index in [0.717, 1.165) is 12.1 Å². The average Bonchev–Trinajstić information content (AvgIpc) is 3.21. The number of hydrogen-bond donors (Lipinski definition) is 1. The highest BCUT2D eigenvalue weighted by Gasteiger charge is 2.34. The fraction of sp³-hybridized carbons (Fsp3) is 0.350. The van der Waals surface area contributed by atoms with Crippen molar-refractivity contribution in [1.82, 2.24) is 4.31 Å². The summed E-state index contributed by atoms with van der Waals surface area (Å²) in [6, 6.07) is 8.52. The van der Waals surface area contributed by atoms with Crippen LogP contribution in [0.25, 0.3) is 0 Å². The third-order valence-electron chi connectivity index (χ3n) is 5.21. The van der Waals surface area contributed by atoms with Gasteiger partial charge in [-0.15, -0.1) is 0 Å². The SMILES string of the molecule is COc1ccc(F)cc1S(=O)(=O)N1CCC(C(=O)Nc2ccc3c(c2)OCO3)CC1.